The Balaban J connectivity index is 2.55. The number of fused-ring (bicyclic) bond motifs is 1. The lowest BCUT2D eigenvalue weighted by Gasteiger charge is -2.13. The van der Waals surface area contributed by atoms with Crippen LogP contribution in [0.1, 0.15) is 37.4 Å². The Morgan fingerprint density at radius 3 is 2.74 bits per heavy atom. The van der Waals surface area contributed by atoms with Gasteiger partial charge in [-0.25, -0.2) is 0 Å². The first-order chi connectivity index (χ1) is 9.19. The zero-order valence-electron chi connectivity index (χ0n) is 12.2. The Hall–Kier alpha value is -1.61. The van der Waals surface area contributed by atoms with Crippen LogP contribution in [0, 0.1) is 0 Å². The zero-order chi connectivity index (χ0) is 13.8. The van der Waals surface area contributed by atoms with Gasteiger partial charge in [0.25, 0.3) is 0 Å². The summed E-state index contributed by atoms with van der Waals surface area (Å²) in [6.45, 7) is 5.01. The van der Waals surface area contributed by atoms with Gasteiger partial charge in [-0.1, -0.05) is 19.9 Å². The number of pyridine rings is 1. The average molecular weight is 258 g/mol. The summed E-state index contributed by atoms with van der Waals surface area (Å²) in [6, 6.07) is 8.60. The number of anilines is 1. The molecule has 1 aromatic heterocycles. The summed E-state index contributed by atoms with van der Waals surface area (Å²) in [4.78, 5) is 4.63. The highest BCUT2D eigenvalue weighted by molar-refractivity contribution is 5.92. The molecule has 2 rings (SSSR count). The van der Waals surface area contributed by atoms with E-state index in [-0.39, 0.29) is 0 Å². The second-order valence-electron chi connectivity index (χ2n) is 4.93. The molecule has 0 aliphatic heterocycles. The van der Waals surface area contributed by atoms with E-state index in [1.54, 1.807) is 7.11 Å². The number of methoxy groups -OCH3 is 1. The average Bonchev–Trinajstić information content (AvgIpc) is 2.45. The molecule has 19 heavy (non-hydrogen) atoms. The molecule has 3 heteroatoms. The standard InChI is InChI=1S/C16H22N2O/c1-5-11(2)12-6-7-15-14(8-12)16(17-3)9-13(18-15)10-19-4/h6-9,11H,5,10H2,1-4H3,(H,17,18). The van der Waals surface area contributed by atoms with Gasteiger partial charge in [-0.15, -0.1) is 0 Å². The van der Waals surface area contributed by atoms with Gasteiger partial charge >= 0.3 is 0 Å². The Morgan fingerprint density at radius 2 is 2.11 bits per heavy atom. The Bertz CT molecular complexity index is 566. The topological polar surface area (TPSA) is 34.1 Å². The first kappa shape index (κ1) is 13.8. The molecule has 0 bridgehead atoms. The molecule has 0 spiro atoms. The summed E-state index contributed by atoms with van der Waals surface area (Å²) in [6.07, 6.45) is 1.15. The molecule has 0 aliphatic carbocycles. The van der Waals surface area contributed by atoms with Crippen LogP contribution in [0.15, 0.2) is 24.3 Å². The lowest BCUT2D eigenvalue weighted by Crippen LogP contribution is -1.99. The van der Waals surface area contributed by atoms with Crippen LogP contribution in [0.4, 0.5) is 5.69 Å². The highest BCUT2D eigenvalue weighted by Gasteiger charge is 2.08. The molecule has 1 atom stereocenters. The number of nitrogens with one attached hydrogen (secondary N) is 1. The van der Waals surface area contributed by atoms with Crippen molar-refractivity contribution in [2.45, 2.75) is 32.8 Å². The van der Waals surface area contributed by atoms with Crippen LogP contribution in [0.3, 0.4) is 0 Å². The predicted molar refractivity (Wildman–Crippen MR) is 80.7 cm³/mol. The van der Waals surface area contributed by atoms with Gasteiger partial charge in [-0.05, 0) is 36.1 Å². The number of rotatable bonds is 5. The van der Waals surface area contributed by atoms with E-state index in [0.717, 1.165) is 23.3 Å². The van der Waals surface area contributed by atoms with E-state index in [1.807, 2.05) is 7.05 Å². The van der Waals surface area contributed by atoms with Crippen LogP contribution >= 0.6 is 0 Å². The molecule has 0 amide bonds. The van der Waals surface area contributed by atoms with Crippen molar-refractivity contribution in [3.8, 4) is 0 Å². The largest absolute Gasteiger partial charge is 0.388 e. The molecule has 102 valence electrons. The molecular weight excluding hydrogens is 236 g/mol. The molecule has 0 radical (unpaired) electrons. The molecule has 0 fully saturated rings. The van der Waals surface area contributed by atoms with Gasteiger partial charge in [-0.2, -0.15) is 0 Å². The van der Waals surface area contributed by atoms with Crippen molar-refractivity contribution in [3.63, 3.8) is 0 Å². The van der Waals surface area contributed by atoms with Gasteiger partial charge in [0.05, 0.1) is 17.8 Å². The molecular formula is C16H22N2O. The van der Waals surface area contributed by atoms with Gasteiger partial charge in [0, 0.05) is 25.2 Å². The normalized spacial score (nSPS) is 12.6. The van der Waals surface area contributed by atoms with E-state index in [0.29, 0.717) is 12.5 Å². The van der Waals surface area contributed by atoms with Gasteiger partial charge in [0.1, 0.15) is 0 Å². The molecule has 1 aromatic carbocycles. The molecule has 1 unspecified atom stereocenters. The highest BCUT2D eigenvalue weighted by atomic mass is 16.5. The lowest BCUT2D eigenvalue weighted by atomic mass is 9.96. The number of nitrogens with zero attached hydrogens (tertiary/aromatic N) is 1. The molecule has 1 heterocycles. The summed E-state index contributed by atoms with van der Waals surface area (Å²) in [5, 5.41) is 4.44. The van der Waals surface area contributed by atoms with Crippen molar-refractivity contribution in [1.82, 2.24) is 4.98 Å². The van der Waals surface area contributed by atoms with Gasteiger partial charge in [0.15, 0.2) is 0 Å². The fourth-order valence-electron chi connectivity index (χ4n) is 2.27. The minimum Gasteiger partial charge on any atom is -0.388 e. The van der Waals surface area contributed by atoms with Crippen LogP contribution in [0.25, 0.3) is 10.9 Å². The Morgan fingerprint density at radius 1 is 1.32 bits per heavy atom. The quantitative estimate of drug-likeness (QED) is 0.882. The minimum atomic E-state index is 0.539. The van der Waals surface area contributed by atoms with Gasteiger partial charge in [0.2, 0.25) is 0 Å². The number of benzene rings is 1. The number of hydrogen-bond acceptors (Lipinski definition) is 3. The van der Waals surface area contributed by atoms with E-state index in [2.05, 4.69) is 48.4 Å². The van der Waals surface area contributed by atoms with E-state index >= 15 is 0 Å². The van der Waals surface area contributed by atoms with Gasteiger partial charge in [-0.3, -0.25) is 4.98 Å². The van der Waals surface area contributed by atoms with Crippen molar-refractivity contribution in [3.05, 3.63) is 35.5 Å². The molecule has 1 N–H and O–H groups in total. The maximum atomic E-state index is 5.17. The molecule has 0 aliphatic rings. The third-order valence-electron chi connectivity index (χ3n) is 3.63. The number of aromatic nitrogens is 1. The summed E-state index contributed by atoms with van der Waals surface area (Å²) < 4.78 is 5.17. The molecule has 0 saturated heterocycles. The maximum absolute atomic E-state index is 5.17. The van der Waals surface area contributed by atoms with Gasteiger partial charge < -0.3 is 10.1 Å². The minimum absolute atomic E-state index is 0.539. The maximum Gasteiger partial charge on any atom is 0.0885 e. The Labute approximate surface area is 115 Å². The van der Waals surface area contributed by atoms with Crippen LogP contribution in [0.5, 0.6) is 0 Å². The highest BCUT2D eigenvalue weighted by Crippen LogP contribution is 2.28. The third kappa shape index (κ3) is 2.87. The van der Waals surface area contributed by atoms with Crippen molar-refractivity contribution in [2.24, 2.45) is 0 Å². The van der Waals surface area contributed by atoms with Crippen molar-refractivity contribution in [1.29, 1.82) is 0 Å². The van der Waals surface area contributed by atoms with Crippen LogP contribution in [0.2, 0.25) is 0 Å². The summed E-state index contributed by atoms with van der Waals surface area (Å²) in [5.41, 5.74) is 4.46. The smallest absolute Gasteiger partial charge is 0.0885 e. The van der Waals surface area contributed by atoms with Crippen LogP contribution in [-0.2, 0) is 11.3 Å². The second-order valence-corrected chi connectivity index (χ2v) is 4.93. The van der Waals surface area contributed by atoms with E-state index < -0.39 is 0 Å². The molecule has 3 nitrogen and oxygen atoms in total. The van der Waals surface area contributed by atoms with Crippen LogP contribution < -0.4 is 5.32 Å². The number of ether oxygens (including phenoxy) is 1. The van der Waals surface area contributed by atoms with Crippen LogP contribution in [-0.4, -0.2) is 19.1 Å². The zero-order valence-corrected chi connectivity index (χ0v) is 12.2. The summed E-state index contributed by atoms with van der Waals surface area (Å²) >= 11 is 0. The van der Waals surface area contributed by atoms with E-state index in [1.165, 1.54) is 10.9 Å². The summed E-state index contributed by atoms with van der Waals surface area (Å²) in [5.74, 6) is 0.577. The van der Waals surface area contributed by atoms with Crippen molar-refractivity contribution >= 4 is 16.6 Å². The third-order valence-corrected chi connectivity index (χ3v) is 3.63. The molecule has 0 saturated carbocycles. The fourth-order valence-corrected chi connectivity index (χ4v) is 2.27. The predicted octanol–water partition coefficient (Wildman–Crippen LogP) is 3.94. The van der Waals surface area contributed by atoms with E-state index in [4.69, 9.17) is 4.74 Å². The Kier molecular flexibility index (Phi) is 4.38. The summed E-state index contributed by atoms with van der Waals surface area (Å²) in [7, 11) is 3.64. The number of hydrogen-bond donors (Lipinski definition) is 1. The first-order valence-electron chi connectivity index (χ1n) is 6.79. The van der Waals surface area contributed by atoms with E-state index in [9.17, 15) is 0 Å². The molecule has 2 aromatic rings. The van der Waals surface area contributed by atoms with Crippen molar-refractivity contribution in [2.75, 3.05) is 19.5 Å². The fraction of sp³-hybridized carbons (Fsp3) is 0.438. The monoisotopic (exact) mass is 258 g/mol. The second kappa shape index (κ2) is 6.02. The van der Waals surface area contributed by atoms with Crippen molar-refractivity contribution < 1.29 is 4.74 Å². The SMILES string of the molecule is CCC(C)c1ccc2nc(COC)cc(NC)c2c1. The first-order valence-corrected chi connectivity index (χ1v) is 6.79. The lowest BCUT2D eigenvalue weighted by molar-refractivity contribution is 0.182.